The van der Waals surface area contributed by atoms with Crippen molar-refractivity contribution in [2.75, 3.05) is 20.3 Å². The van der Waals surface area contributed by atoms with Crippen molar-refractivity contribution in [3.05, 3.63) is 42.1 Å². The highest BCUT2D eigenvalue weighted by Gasteiger charge is 2.21. The first-order valence-corrected chi connectivity index (χ1v) is 7.38. The van der Waals surface area contributed by atoms with Gasteiger partial charge in [-0.1, -0.05) is 24.3 Å². The maximum Gasteiger partial charge on any atom is 0.222 e. The summed E-state index contributed by atoms with van der Waals surface area (Å²) in [5.74, 6) is 0.559. The molecule has 0 aliphatic carbocycles. The predicted molar refractivity (Wildman–Crippen MR) is 81.8 cm³/mol. The maximum atomic E-state index is 12.3. The minimum Gasteiger partial charge on any atom is -0.381 e. The number of amides is 1. The number of fused-ring (bicyclic) bond motifs is 1. The second-order valence-corrected chi connectivity index (χ2v) is 5.68. The van der Waals surface area contributed by atoms with Crippen LogP contribution in [0.2, 0.25) is 0 Å². The van der Waals surface area contributed by atoms with Gasteiger partial charge in [-0.15, -0.1) is 0 Å². The van der Waals surface area contributed by atoms with Gasteiger partial charge in [0.25, 0.3) is 0 Å². The lowest BCUT2D eigenvalue weighted by molar-refractivity contribution is -0.131. The Morgan fingerprint density at radius 3 is 3.05 bits per heavy atom. The van der Waals surface area contributed by atoms with Crippen molar-refractivity contribution in [3.63, 3.8) is 0 Å². The van der Waals surface area contributed by atoms with Crippen LogP contribution in [0.25, 0.3) is 10.9 Å². The number of hydrogen-bond donors (Lipinski definition) is 0. The molecule has 1 saturated heterocycles. The summed E-state index contributed by atoms with van der Waals surface area (Å²) in [5.41, 5.74) is 2.07. The van der Waals surface area contributed by atoms with Crippen molar-refractivity contribution in [1.29, 1.82) is 0 Å². The Labute approximate surface area is 124 Å². The zero-order valence-electron chi connectivity index (χ0n) is 12.3. The number of carbonyl (C=O) groups is 1. The number of benzene rings is 1. The van der Waals surface area contributed by atoms with E-state index in [9.17, 15) is 4.79 Å². The molecule has 0 unspecified atom stereocenters. The third-order valence-electron chi connectivity index (χ3n) is 4.04. The monoisotopic (exact) mass is 284 g/mol. The molecule has 1 amide bonds. The summed E-state index contributed by atoms with van der Waals surface area (Å²) in [7, 11) is 1.86. The maximum absolute atomic E-state index is 12.3. The minimum absolute atomic E-state index is 0.179. The molecule has 110 valence electrons. The van der Waals surface area contributed by atoms with E-state index in [1.165, 1.54) is 0 Å². The van der Waals surface area contributed by atoms with E-state index in [0.29, 0.717) is 18.9 Å². The first kappa shape index (κ1) is 14.0. The summed E-state index contributed by atoms with van der Waals surface area (Å²) in [6.07, 6.45) is 3.37. The molecule has 3 rings (SSSR count). The highest BCUT2D eigenvalue weighted by atomic mass is 16.5. The van der Waals surface area contributed by atoms with E-state index in [-0.39, 0.29) is 5.91 Å². The van der Waals surface area contributed by atoms with E-state index in [0.717, 1.165) is 36.1 Å². The number of para-hydroxylation sites is 1. The highest BCUT2D eigenvalue weighted by molar-refractivity contribution is 5.82. The van der Waals surface area contributed by atoms with Gasteiger partial charge in [0, 0.05) is 44.8 Å². The molecule has 2 heterocycles. The lowest BCUT2D eigenvalue weighted by Crippen LogP contribution is -2.28. The summed E-state index contributed by atoms with van der Waals surface area (Å²) < 4.78 is 5.33. The molecule has 0 radical (unpaired) electrons. The van der Waals surface area contributed by atoms with Crippen LogP contribution in [0.5, 0.6) is 0 Å². The number of hydrogen-bond acceptors (Lipinski definition) is 3. The fourth-order valence-corrected chi connectivity index (χ4v) is 2.79. The Kier molecular flexibility index (Phi) is 4.15. The zero-order valence-corrected chi connectivity index (χ0v) is 12.3. The normalized spacial score (nSPS) is 18.0. The SMILES string of the molecule is CN(Cc1cccc2cccnc12)C(=O)C[C@@H]1CCOC1. The summed E-state index contributed by atoms with van der Waals surface area (Å²) in [6.45, 7) is 2.10. The topological polar surface area (TPSA) is 42.4 Å². The van der Waals surface area contributed by atoms with Crippen LogP contribution < -0.4 is 0 Å². The van der Waals surface area contributed by atoms with Crippen LogP contribution in [0.3, 0.4) is 0 Å². The van der Waals surface area contributed by atoms with Crippen molar-refractivity contribution in [1.82, 2.24) is 9.88 Å². The number of pyridine rings is 1. The third kappa shape index (κ3) is 3.22. The van der Waals surface area contributed by atoms with Gasteiger partial charge in [-0.3, -0.25) is 9.78 Å². The van der Waals surface area contributed by atoms with Gasteiger partial charge in [-0.2, -0.15) is 0 Å². The minimum atomic E-state index is 0.179. The Hall–Kier alpha value is -1.94. The molecule has 1 fully saturated rings. The fourth-order valence-electron chi connectivity index (χ4n) is 2.79. The summed E-state index contributed by atoms with van der Waals surface area (Å²) in [6, 6.07) is 10.1. The molecule has 4 nitrogen and oxygen atoms in total. The van der Waals surface area contributed by atoms with Gasteiger partial charge in [-0.05, 0) is 24.0 Å². The van der Waals surface area contributed by atoms with Gasteiger partial charge < -0.3 is 9.64 Å². The number of aromatic nitrogens is 1. The van der Waals surface area contributed by atoms with Gasteiger partial charge in [0.1, 0.15) is 0 Å². The molecule has 1 aliphatic heterocycles. The van der Waals surface area contributed by atoms with Gasteiger partial charge in [-0.25, -0.2) is 0 Å². The van der Waals surface area contributed by atoms with Crippen molar-refractivity contribution in [3.8, 4) is 0 Å². The molecule has 4 heteroatoms. The molecule has 0 bridgehead atoms. The van der Waals surface area contributed by atoms with Gasteiger partial charge in [0.15, 0.2) is 0 Å². The van der Waals surface area contributed by atoms with Gasteiger partial charge in [0.05, 0.1) is 5.52 Å². The summed E-state index contributed by atoms with van der Waals surface area (Å²) >= 11 is 0. The quantitative estimate of drug-likeness (QED) is 0.866. The molecular weight excluding hydrogens is 264 g/mol. The lowest BCUT2D eigenvalue weighted by Gasteiger charge is -2.19. The van der Waals surface area contributed by atoms with Gasteiger partial charge in [0.2, 0.25) is 5.91 Å². The van der Waals surface area contributed by atoms with E-state index < -0.39 is 0 Å². The molecule has 1 atom stereocenters. The molecule has 1 aliphatic rings. The van der Waals surface area contributed by atoms with Crippen LogP contribution >= 0.6 is 0 Å². The van der Waals surface area contributed by atoms with Crippen LogP contribution in [0.15, 0.2) is 36.5 Å². The molecule has 0 saturated carbocycles. The Balaban J connectivity index is 1.70. The van der Waals surface area contributed by atoms with Gasteiger partial charge >= 0.3 is 0 Å². The Bertz CT molecular complexity index is 630. The van der Waals surface area contributed by atoms with Crippen molar-refractivity contribution in [2.45, 2.75) is 19.4 Å². The molecule has 1 aromatic carbocycles. The molecule has 0 spiro atoms. The number of rotatable bonds is 4. The van der Waals surface area contributed by atoms with Crippen molar-refractivity contribution in [2.24, 2.45) is 5.92 Å². The predicted octanol–water partition coefficient (Wildman–Crippen LogP) is 2.62. The largest absolute Gasteiger partial charge is 0.381 e. The summed E-state index contributed by atoms with van der Waals surface area (Å²) in [4.78, 5) is 18.5. The molecule has 1 aromatic heterocycles. The number of nitrogens with zero attached hydrogens (tertiary/aromatic N) is 2. The van der Waals surface area contributed by atoms with E-state index in [2.05, 4.69) is 4.98 Å². The van der Waals surface area contributed by atoms with Crippen LogP contribution in [-0.2, 0) is 16.1 Å². The van der Waals surface area contributed by atoms with E-state index in [4.69, 9.17) is 4.74 Å². The first-order chi connectivity index (χ1) is 10.2. The smallest absolute Gasteiger partial charge is 0.222 e. The second-order valence-electron chi connectivity index (χ2n) is 5.68. The standard InChI is InChI=1S/C17H20N2O2/c1-19(16(20)10-13-7-9-21-12-13)11-15-5-2-4-14-6-3-8-18-17(14)15/h2-6,8,13H,7,9-12H2,1H3/t13-/m0/s1. The third-order valence-corrected chi connectivity index (χ3v) is 4.04. The molecular formula is C17H20N2O2. The Morgan fingerprint density at radius 2 is 2.24 bits per heavy atom. The number of ether oxygens (including phenoxy) is 1. The van der Waals surface area contributed by atoms with Crippen LogP contribution in [-0.4, -0.2) is 36.1 Å². The first-order valence-electron chi connectivity index (χ1n) is 7.38. The average Bonchev–Trinajstić information content (AvgIpc) is 3.00. The highest BCUT2D eigenvalue weighted by Crippen LogP contribution is 2.20. The zero-order chi connectivity index (χ0) is 14.7. The van der Waals surface area contributed by atoms with Crippen LogP contribution in [0.4, 0.5) is 0 Å². The second kappa shape index (κ2) is 6.22. The fraction of sp³-hybridized carbons (Fsp3) is 0.412. The van der Waals surface area contributed by atoms with Crippen molar-refractivity contribution >= 4 is 16.8 Å². The van der Waals surface area contributed by atoms with Crippen molar-refractivity contribution < 1.29 is 9.53 Å². The molecule has 0 N–H and O–H groups in total. The average molecular weight is 284 g/mol. The summed E-state index contributed by atoms with van der Waals surface area (Å²) in [5, 5.41) is 1.11. The Morgan fingerprint density at radius 1 is 1.38 bits per heavy atom. The molecule has 21 heavy (non-hydrogen) atoms. The van der Waals surface area contributed by atoms with Crippen LogP contribution in [0.1, 0.15) is 18.4 Å². The van der Waals surface area contributed by atoms with E-state index in [1.807, 2.05) is 37.4 Å². The van der Waals surface area contributed by atoms with E-state index >= 15 is 0 Å². The molecule has 2 aromatic rings. The lowest BCUT2D eigenvalue weighted by atomic mass is 10.0. The number of carbonyl (C=O) groups excluding carboxylic acids is 1. The van der Waals surface area contributed by atoms with E-state index in [1.54, 1.807) is 11.1 Å². The van der Waals surface area contributed by atoms with Crippen LogP contribution in [0, 0.1) is 5.92 Å².